The van der Waals surface area contributed by atoms with Crippen molar-refractivity contribution in [2.75, 3.05) is 6.54 Å². The van der Waals surface area contributed by atoms with Crippen LogP contribution in [0.3, 0.4) is 0 Å². The molecular formula is C13H24N2. The second kappa shape index (κ2) is 4.30. The van der Waals surface area contributed by atoms with Crippen LogP contribution in [0.2, 0.25) is 0 Å². The topological polar surface area (TPSA) is 29.3 Å². The summed E-state index contributed by atoms with van der Waals surface area (Å²) in [5.74, 6) is 0. The van der Waals surface area contributed by atoms with Crippen molar-refractivity contribution in [2.45, 2.75) is 46.1 Å². The minimum absolute atomic E-state index is 0.292. The summed E-state index contributed by atoms with van der Waals surface area (Å²) in [5.41, 5.74) is 8.09. The van der Waals surface area contributed by atoms with E-state index in [9.17, 15) is 0 Å². The maximum absolute atomic E-state index is 5.81. The smallest absolute Gasteiger partial charge is 0.0677 e. The van der Waals surface area contributed by atoms with Crippen LogP contribution in [0.5, 0.6) is 0 Å². The summed E-state index contributed by atoms with van der Waals surface area (Å²) in [7, 11) is 0. The summed E-state index contributed by atoms with van der Waals surface area (Å²) >= 11 is 0. The monoisotopic (exact) mass is 208 g/mol. The first-order valence-electron chi connectivity index (χ1n) is 5.70. The molecule has 15 heavy (non-hydrogen) atoms. The van der Waals surface area contributed by atoms with Crippen LogP contribution in [-0.4, -0.2) is 17.5 Å². The lowest BCUT2D eigenvalue weighted by atomic mass is 9.90. The number of allylic oxidation sites excluding steroid dienone is 1. The second-order valence-corrected chi connectivity index (χ2v) is 5.73. The lowest BCUT2D eigenvalue weighted by Crippen LogP contribution is -2.33. The highest BCUT2D eigenvalue weighted by Gasteiger charge is 2.28. The molecule has 2 nitrogen and oxygen atoms in total. The molecule has 0 spiro atoms. The Hall–Kier alpha value is -0.920. The number of nitrogens with two attached hydrogens (primary N) is 1. The molecule has 1 aliphatic rings. The third-order valence-electron chi connectivity index (χ3n) is 2.82. The van der Waals surface area contributed by atoms with Gasteiger partial charge in [-0.1, -0.05) is 33.9 Å². The fraction of sp³-hybridized carbons (Fsp3) is 0.692. The number of hydrogen-bond donors (Lipinski definition) is 1. The van der Waals surface area contributed by atoms with Gasteiger partial charge in [0.25, 0.3) is 0 Å². The Balaban J connectivity index is 2.63. The number of hydrogen-bond acceptors (Lipinski definition) is 2. The van der Waals surface area contributed by atoms with E-state index in [0.717, 1.165) is 25.1 Å². The van der Waals surface area contributed by atoms with E-state index in [4.69, 9.17) is 5.73 Å². The summed E-state index contributed by atoms with van der Waals surface area (Å²) in [6.07, 6.45) is 3.35. The molecule has 0 unspecified atom stereocenters. The lowest BCUT2D eigenvalue weighted by Gasteiger charge is -2.32. The van der Waals surface area contributed by atoms with E-state index >= 15 is 0 Å². The van der Waals surface area contributed by atoms with Gasteiger partial charge < -0.3 is 10.6 Å². The van der Waals surface area contributed by atoms with E-state index in [1.54, 1.807) is 0 Å². The highest BCUT2D eigenvalue weighted by Crippen LogP contribution is 2.31. The Labute approximate surface area is 93.8 Å². The number of rotatable bonds is 3. The Morgan fingerprint density at radius 2 is 2.00 bits per heavy atom. The number of likely N-dealkylation sites (tertiary alicyclic amines) is 1. The van der Waals surface area contributed by atoms with Crippen LogP contribution in [0.25, 0.3) is 0 Å². The maximum atomic E-state index is 5.81. The van der Waals surface area contributed by atoms with Crippen molar-refractivity contribution in [3.05, 3.63) is 24.6 Å². The first kappa shape index (κ1) is 12.2. The van der Waals surface area contributed by atoms with Gasteiger partial charge in [-0.2, -0.15) is 0 Å². The molecule has 0 saturated carbocycles. The second-order valence-electron chi connectivity index (χ2n) is 5.73. The molecule has 1 fully saturated rings. The van der Waals surface area contributed by atoms with E-state index in [-0.39, 0.29) is 0 Å². The van der Waals surface area contributed by atoms with Gasteiger partial charge in [-0.3, -0.25) is 0 Å². The zero-order valence-corrected chi connectivity index (χ0v) is 10.3. The summed E-state index contributed by atoms with van der Waals surface area (Å²) < 4.78 is 0. The minimum atomic E-state index is 0.292. The minimum Gasteiger partial charge on any atom is -0.401 e. The molecule has 86 valence electrons. The Morgan fingerprint density at radius 3 is 2.47 bits per heavy atom. The molecule has 1 saturated heterocycles. The highest BCUT2D eigenvalue weighted by molar-refractivity contribution is 5.11. The molecule has 0 aromatic carbocycles. The van der Waals surface area contributed by atoms with Gasteiger partial charge in [0.05, 0.1) is 6.04 Å². The average molecular weight is 208 g/mol. The van der Waals surface area contributed by atoms with Gasteiger partial charge in [-0.25, -0.2) is 0 Å². The molecule has 0 aromatic rings. The van der Waals surface area contributed by atoms with Gasteiger partial charge in [0.1, 0.15) is 0 Å². The normalized spacial score (nSPS) is 21.8. The van der Waals surface area contributed by atoms with Gasteiger partial charge in [0.15, 0.2) is 0 Å². The van der Waals surface area contributed by atoms with E-state index in [2.05, 4.69) is 38.8 Å². The predicted octanol–water partition coefficient (Wildman–Crippen LogP) is 2.87. The standard InChI is InChI=1S/C13H24N2/c1-10(9-13(3,4)5)15-8-6-7-12(15)11(2)14/h12H,1-2,6-9,14H2,3-5H3/t12-/m0/s1. The van der Waals surface area contributed by atoms with Gasteiger partial charge in [0, 0.05) is 17.9 Å². The van der Waals surface area contributed by atoms with Crippen molar-refractivity contribution in [3.63, 3.8) is 0 Å². The molecule has 0 radical (unpaired) electrons. The lowest BCUT2D eigenvalue weighted by molar-refractivity contribution is 0.294. The van der Waals surface area contributed by atoms with Crippen molar-refractivity contribution in [3.8, 4) is 0 Å². The quantitative estimate of drug-likeness (QED) is 0.772. The van der Waals surface area contributed by atoms with Gasteiger partial charge in [-0.15, -0.1) is 0 Å². The van der Waals surface area contributed by atoms with Crippen molar-refractivity contribution >= 4 is 0 Å². The summed E-state index contributed by atoms with van der Waals surface area (Å²) in [6.45, 7) is 15.8. The third-order valence-corrected chi connectivity index (χ3v) is 2.82. The largest absolute Gasteiger partial charge is 0.401 e. The Morgan fingerprint density at radius 1 is 1.40 bits per heavy atom. The first-order chi connectivity index (χ1) is 6.81. The molecule has 1 atom stereocenters. The van der Waals surface area contributed by atoms with Crippen LogP contribution < -0.4 is 5.73 Å². The highest BCUT2D eigenvalue weighted by atomic mass is 15.2. The SMILES string of the molecule is C=C(N)[C@@H]1CCCN1C(=C)CC(C)(C)C. The number of nitrogens with zero attached hydrogens (tertiary/aromatic N) is 1. The molecule has 0 bridgehead atoms. The van der Waals surface area contributed by atoms with E-state index < -0.39 is 0 Å². The van der Waals surface area contributed by atoms with Gasteiger partial charge >= 0.3 is 0 Å². The maximum Gasteiger partial charge on any atom is 0.0677 e. The zero-order valence-electron chi connectivity index (χ0n) is 10.3. The summed E-state index contributed by atoms with van der Waals surface area (Å²) in [5, 5.41) is 0. The van der Waals surface area contributed by atoms with Crippen LogP contribution in [0.15, 0.2) is 24.6 Å². The molecular weight excluding hydrogens is 184 g/mol. The Kier molecular flexibility index (Phi) is 3.48. The summed E-state index contributed by atoms with van der Waals surface area (Å²) in [6, 6.07) is 0.319. The Bertz CT molecular complexity index is 260. The molecule has 2 heteroatoms. The fourth-order valence-corrected chi connectivity index (χ4v) is 2.24. The molecule has 2 N–H and O–H groups in total. The van der Waals surface area contributed by atoms with Crippen molar-refractivity contribution < 1.29 is 0 Å². The summed E-state index contributed by atoms with van der Waals surface area (Å²) in [4.78, 5) is 2.33. The van der Waals surface area contributed by atoms with Gasteiger partial charge in [-0.05, 0) is 24.7 Å². The molecule has 0 aromatic heterocycles. The van der Waals surface area contributed by atoms with E-state index in [1.165, 1.54) is 12.1 Å². The van der Waals surface area contributed by atoms with Crippen molar-refractivity contribution in [1.29, 1.82) is 0 Å². The van der Waals surface area contributed by atoms with Crippen LogP contribution in [0.1, 0.15) is 40.0 Å². The fourth-order valence-electron chi connectivity index (χ4n) is 2.24. The van der Waals surface area contributed by atoms with Crippen LogP contribution in [0, 0.1) is 5.41 Å². The molecule has 1 rings (SSSR count). The molecule has 1 heterocycles. The molecule has 0 aliphatic carbocycles. The van der Waals surface area contributed by atoms with Crippen LogP contribution >= 0.6 is 0 Å². The van der Waals surface area contributed by atoms with Gasteiger partial charge in [0.2, 0.25) is 0 Å². The molecule has 1 aliphatic heterocycles. The average Bonchev–Trinajstić information content (AvgIpc) is 2.47. The van der Waals surface area contributed by atoms with Crippen molar-refractivity contribution in [1.82, 2.24) is 4.90 Å². The van der Waals surface area contributed by atoms with Crippen LogP contribution in [0.4, 0.5) is 0 Å². The van der Waals surface area contributed by atoms with E-state index in [1.807, 2.05) is 0 Å². The predicted molar refractivity (Wildman–Crippen MR) is 66.3 cm³/mol. The van der Waals surface area contributed by atoms with Crippen LogP contribution in [-0.2, 0) is 0 Å². The first-order valence-corrected chi connectivity index (χ1v) is 5.70. The van der Waals surface area contributed by atoms with Crippen molar-refractivity contribution in [2.24, 2.45) is 11.1 Å². The zero-order chi connectivity index (χ0) is 11.6. The molecule has 0 amide bonds. The van der Waals surface area contributed by atoms with E-state index in [0.29, 0.717) is 11.5 Å². The third kappa shape index (κ3) is 3.29.